The second-order valence-electron chi connectivity index (χ2n) is 9.01. The van der Waals surface area contributed by atoms with Crippen molar-refractivity contribution in [3.05, 3.63) is 57.9 Å². The van der Waals surface area contributed by atoms with Crippen LogP contribution in [0.5, 0.6) is 5.75 Å². The van der Waals surface area contributed by atoms with E-state index in [-0.39, 0.29) is 53.1 Å². The van der Waals surface area contributed by atoms with Gasteiger partial charge in [0.25, 0.3) is 5.69 Å². The number of aromatic nitrogens is 4. The molecule has 0 radical (unpaired) electrons. The summed E-state index contributed by atoms with van der Waals surface area (Å²) in [4.78, 5) is 38.7. The fraction of sp³-hybridized carbons (Fsp3) is 0.375. The summed E-state index contributed by atoms with van der Waals surface area (Å²) in [5.41, 5.74) is -1.61. The van der Waals surface area contributed by atoms with Crippen molar-refractivity contribution >= 4 is 23.5 Å². The minimum absolute atomic E-state index is 0.0191. The number of hydrogen-bond acceptors (Lipinski definition) is 10. The van der Waals surface area contributed by atoms with Gasteiger partial charge >= 0.3 is 18.3 Å². The molecule has 0 spiro atoms. The number of rotatable bonds is 8. The van der Waals surface area contributed by atoms with E-state index in [9.17, 15) is 32.9 Å². The second kappa shape index (κ2) is 11.5. The van der Waals surface area contributed by atoms with Gasteiger partial charge in [0.05, 0.1) is 16.3 Å². The highest BCUT2D eigenvalue weighted by Crippen LogP contribution is 2.38. The van der Waals surface area contributed by atoms with Crippen LogP contribution in [0.2, 0.25) is 0 Å². The number of pyridine rings is 1. The number of ether oxygens (including phenoxy) is 2. The maximum Gasteiger partial charge on any atom is 0.514 e. The van der Waals surface area contributed by atoms with E-state index in [0.717, 1.165) is 12.1 Å². The summed E-state index contributed by atoms with van der Waals surface area (Å²) in [6.07, 6.45) is -4.98. The number of aliphatic carboxylic acids is 1. The van der Waals surface area contributed by atoms with Crippen LogP contribution in [0.15, 0.2) is 36.4 Å². The third-order valence-corrected chi connectivity index (χ3v) is 6.23. The molecule has 212 valence electrons. The van der Waals surface area contributed by atoms with Gasteiger partial charge < -0.3 is 19.5 Å². The molecule has 0 bridgehead atoms. The predicted molar refractivity (Wildman–Crippen MR) is 130 cm³/mol. The summed E-state index contributed by atoms with van der Waals surface area (Å²) in [6, 6.07) is 7.27. The van der Waals surface area contributed by atoms with Gasteiger partial charge in [0.15, 0.2) is 5.69 Å². The molecule has 3 aromatic rings. The highest BCUT2D eigenvalue weighted by Gasteiger charge is 2.39. The number of carboxylic acids is 1. The first-order valence-electron chi connectivity index (χ1n) is 12.0. The molecule has 0 unspecified atom stereocenters. The summed E-state index contributed by atoms with van der Waals surface area (Å²) in [7, 11) is 1.45. The quantitative estimate of drug-likeness (QED) is 0.180. The lowest BCUT2D eigenvalue weighted by molar-refractivity contribution is -0.384. The van der Waals surface area contributed by atoms with Gasteiger partial charge in [0, 0.05) is 38.7 Å². The van der Waals surface area contributed by atoms with Gasteiger partial charge in [-0.05, 0) is 43.0 Å². The lowest BCUT2D eigenvalue weighted by atomic mass is 9.94. The van der Waals surface area contributed by atoms with Gasteiger partial charge in [0.1, 0.15) is 23.7 Å². The molecule has 0 aliphatic carbocycles. The standard InChI is InChI=1S/C24H23F3N6O7/c1-31-19(13-39-23(36)40-16-6-4-15(5-7-16)33(37)38)21(29-30-31)17-8-9-18(22(28-17)24(25,26)27)32-10-2-3-14(12-32)11-20(34)35/h4-9,14H,2-3,10-13H2,1H3,(H,34,35)/t14-/m1/s1. The minimum atomic E-state index is -4.82. The summed E-state index contributed by atoms with van der Waals surface area (Å²) < 4.78 is 53.5. The van der Waals surface area contributed by atoms with Gasteiger partial charge in [-0.1, -0.05) is 5.21 Å². The van der Waals surface area contributed by atoms with Crippen LogP contribution >= 0.6 is 0 Å². The van der Waals surface area contributed by atoms with E-state index in [2.05, 4.69) is 15.3 Å². The lowest BCUT2D eigenvalue weighted by Gasteiger charge is -2.35. The topological polar surface area (TPSA) is 163 Å². The van der Waals surface area contributed by atoms with Crippen LogP contribution in [0.3, 0.4) is 0 Å². The van der Waals surface area contributed by atoms with Crippen molar-refractivity contribution in [3.8, 4) is 17.1 Å². The van der Waals surface area contributed by atoms with Gasteiger partial charge in [-0.15, -0.1) is 5.10 Å². The largest absolute Gasteiger partial charge is 0.514 e. The zero-order valence-electron chi connectivity index (χ0n) is 21.0. The normalized spacial score (nSPS) is 15.5. The molecule has 3 heterocycles. The van der Waals surface area contributed by atoms with Crippen LogP contribution < -0.4 is 9.64 Å². The SMILES string of the molecule is Cn1nnc(-c2ccc(N3CCC[C@H](CC(=O)O)C3)c(C(F)(F)F)n2)c1COC(=O)Oc1ccc([N+](=O)[O-])cc1. The molecule has 16 heteroatoms. The highest BCUT2D eigenvalue weighted by atomic mass is 19.4. The third kappa shape index (κ3) is 6.62. The van der Waals surface area contributed by atoms with Crippen molar-refractivity contribution in [2.45, 2.75) is 32.0 Å². The van der Waals surface area contributed by atoms with Crippen LogP contribution in [-0.4, -0.2) is 55.2 Å². The van der Waals surface area contributed by atoms with E-state index in [0.29, 0.717) is 19.4 Å². The molecule has 13 nitrogen and oxygen atoms in total. The summed E-state index contributed by atoms with van der Waals surface area (Å²) in [6.45, 7) is -0.00271. The number of nitro groups is 1. The maximum atomic E-state index is 14.1. The van der Waals surface area contributed by atoms with Crippen molar-refractivity contribution < 1.29 is 42.3 Å². The number of anilines is 1. The van der Waals surface area contributed by atoms with Crippen molar-refractivity contribution in [3.63, 3.8) is 0 Å². The van der Waals surface area contributed by atoms with Crippen molar-refractivity contribution in [1.29, 1.82) is 0 Å². The summed E-state index contributed by atoms with van der Waals surface area (Å²) in [5, 5.41) is 27.5. The van der Waals surface area contributed by atoms with Gasteiger partial charge in [-0.2, -0.15) is 13.2 Å². The zero-order chi connectivity index (χ0) is 29.0. The van der Waals surface area contributed by atoms with Crippen molar-refractivity contribution in [1.82, 2.24) is 20.0 Å². The predicted octanol–water partition coefficient (Wildman–Crippen LogP) is 4.21. The molecular weight excluding hydrogens is 541 g/mol. The number of benzene rings is 1. The molecule has 1 N–H and O–H groups in total. The molecule has 1 atom stereocenters. The minimum Gasteiger partial charge on any atom is -0.481 e. The average Bonchev–Trinajstić information content (AvgIpc) is 3.26. The van der Waals surface area contributed by atoms with Gasteiger partial charge in [0.2, 0.25) is 0 Å². The summed E-state index contributed by atoms with van der Waals surface area (Å²) in [5.74, 6) is -1.32. The first kappa shape index (κ1) is 28.3. The number of piperidine rings is 1. The van der Waals surface area contributed by atoms with Gasteiger partial charge in [-0.25, -0.2) is 14.5 Å². The Hall–Kier alpha value is -4.76. The molecule has 1 aliphatic rings. The Morgan fingerprint density at radius 1 is 1.20 bits per heavy atom. The Kier molecular flexibility index (Phi) is 8.16. The monoisotopic (exact) mass is 564 g/mol. The van der Waals surface area contributed by atoms with Crippen molar-refractivity contribution in [2.75, 3.05) is 18.0 Å². The Labute approximate surface area is 224 Å². The van der Waals surface area contributed by atoms with E-state index in [4.69, 9.17) is 14.6 Å². The fourth-order valence-corrected chi connectivity index (χ4v) is 4.37. The molecule has 1 fully saturated rings. The van der Waals surface area contributed by atoms with E-state index in [1.54, 1.807) is 0 Å². The third-order valence-electron chi connectivity index (χ3n) is 6.23. The van der Waals surface area contributed by atoms with E-state index < -0.39 is 35.5 Å². The fourth-order valence-electron chi connectivity index (χ4n) is 4.37. The molecule has 1 saturated heterocycles. The number of carbonyl (C=O) groups is 2. The average molecular weight is 564 g/mol. The van der Waals surface area contributed by atoms with E-state index >= 15 is 0 Å². The van der Waals surface area contributed by atoms with E-state index in [1.165, 1.54) is 40.9 Å². The first-order valence-corrected chi connectivity index (χ1v) is 12.0. The zero-order valence-corrected chi connectivity index (χ0v) is 21.0. The summed E-state index contributed by atoms with van der Waals surface area (Å²) >= 11 is 0. The molecule has 40 heavy (non-hydrogen) atoms. The molecule has 4 rings (SSSR count). The van der Waals surface area contributed by atoms with Crippen LogP contribution in [-0.2, 0) is 29.4 Å². The molecule has 0 amide bonds. The second-order valence-corrected chi connectivity index (χ2v) is 9.01. The Morgan fingerprint density at radius 2 is 1.93 bits per heavy atom. The van der Waals surface area contributed by atoms with Crippen LogP contribution in [0.1, 0.15) is 30.7 Å². The van der Waals surface area contributed by atoms with Crippen LogP contribution in [0, 0.1) is 16.0 Å². The Balaban J connectivity index is 1.53. The smallest absolute Gasteiger partial charge is 0.481 e. The van der Waals surface area contributed by atoms with E-state index in [1.807, 2.05) is 0 Å². The number of carboxylic acid groups (broad SMARTS) is 1. The number of hydrogen-bond donors (Lipinski definition) is 1. The molecule has 0 saturated carbocycles. The van der Waals surface area contributed by atoms with Crippen LogP contribution in [0.25, 0.3) is 11.4 Å². The van der Waals surface area contributed by atoms with Gasteiger partial charge in [-0.3, -0.25) is 14.9 Å². The number of alkyl halides is 3. The number of aryl methyl sites for hydroxylation is 1. The highest BCUT2D eigenvalue weighted by molar-refractivity contribution is 5.68. The molecule has 1 aromatic carbocycles. The van der Waals surface area contributed by atoms with Crippen molar-refractivity contribution in [2.24, 2.45) is 13.0 Å². The maximum absolute atomic E-state index is 14.1. The lowest BCUT2D eigenvalue weighted by Crippen LogP contribution is -2.37. The molecular formula is C24H23F3N6O7. The molecule has 1 aliphatic heterocycles. The Bertz CT molecular complexity index is 1410. The number of halogens is 3. The Morgan fingerprint density at radius 3 is 2.58 bits per heavy atom. The number of nitrogens with zero attached hydrogens (tertiary/aromatic N) is 6. The first-order chi connectivity index (χ1) is 18.9. The van der Waals surface area contributed by atoms with Crippen LogP contribution in [0.4, 0.5) is 29.3 Å². The number of non-ortho nitro benzene ring substituents is 1. The number of nitro benzene ring substituents is 1. The molecule has 2 aromatic heterocycles. The number of carbonyl (C=O) groups excluding carboxylic acids is 1.